The first kappa shape index (κ1) is 18.9. The minimum absolute atomic E-state index is 0.0912. The third-order valence-electron chi connectivity index (χ3n) is 4.26. The van der Waals surface area contributed by atoms with Crippen molar-refractivity contribution < 1.29 is 4.79 Å². The maximum absolute atomic E-state index is 12.7. The molecule has 0 bridgehead atoms. The summed E-state index contributed by atoms with van der Waals surface area (Å²) in [5.74, 6) is -0.0912. The zero-order chi connectivity index (χ0) is 18.9. The number of hydrogen-bond donors (Lipinski definition) is 2. The van der Waals surface area contributed by atoms with E-state index in [2.05, 4.69) is 29.7 Å². The highest BCUT2D eigenvalue weighted by atomic mass is 16.1. The Labute approximate surface area is 160 Å². The van der Waals surface area contributed by atoms with Crippen LogP contribution in [0.5, 0.6) is 0 Å². The number of hydrogen-bond acceptors (Lipinski definition) is 3. The van der Waals surface area contributed by atoms with Gasteiger partial charge in [-0.1, -0.05) is 67.6 Å². The van der Waals surface area contributed by atoms with Crippen LogP contribution in [0.25, 0.3) is 11.3 Å². The summed E-state index contributed by atoms with van der Waals surface area (Å²) in [6.45, 7) is 5.07. The molecule has 0 saturated carbocycles. The largest absolute Gasteiger partial charge is 0.351 e. The van der Waals surface area contributed by atoms with Crippen molar-refractivity contribution in [3.8, 4) is 11.3 Å². The molecule has 1 amide bonds. The molecule has 5 nitrogen and oxygen atoms in total. The molecular formula is C22H26N4O. The molecule has 1 heterocycles. The predicted molar refractivity (Wildman–Crippen MR) is 109 cm³/mol. The van der Waals surface area contributed by atoms with E-state index in [0.29, 0.717) is 24.3 Å². The lowest BCUT2D eigenvalue weighted by molar-refractivity contribution is 0.0954. The lowest BCUT2D eigenvalue weighted by atomic mass is 10.1. The molecule has 0 aliphatic rings. The fourth-order valence-corrected chi connectivity index (χ4v) is 2.91. The van der Waals surface area contributed by atoms with Crippen LogP contribution in [0.15, 0.2) is 66.9 Å². The molecule has 0 aliphatic carbocycles. The van der Waals surface area contributed by atoms with E-state index in [9.17, 15) is 4.79 Å². The number of benzene rings is 2. The smallest absolute Gasteiger partial charge is 0.255 e. The van der Waals surface area contributed by atoms with Crippen LogP contribution in [0.1, 0.15) is 29.3 Å². The van der Waals surface area contributed by atoms with E-state index in [-0.39, 0.29) is 5.91 Å². The van der Waals surface area contributed by atoms with Gasteiger partial charge in [0, 0.05) is 24.8 Å². The van der Waals surface area contributed by atoms with E-state index < -0.39 is 0 Å². The highest BCUT2D eigenvalue weighted by Crippen LogP contribution is 2.22. The molecule has 3 aromatic rings. The van der Waals surface area contributed by atoms with Gasteiger partial charge in [-0.3, -0.25) is 9.48 Å². The van der Waals surface area contributed by atoms with Gasteiger partial charge < -0.3 is 10.6 Å². The maximum atomic E-state index is 12.7. The molecule has 1 aromatic heterocycles. The van der Waals surface area contributed by atoms with Crippen molar-refractivity contribution in [2.24, 2.45) is 0 Å². The van der Waals surface area contributed by atoms with Gasteiger partial charge in [0.2, 0.25) is 0 Å². The normalized spacial score (nSPS) is 10.7. The Kier molecular flexibility index (Phi) is 6.77. The molecule has 2 aromatic carbocycles. The van der Waals surface area contributed by atoms with Crippen molar-refractivity contribution in [1.82, 2.24) is 20.4 Å². The second-order valence-electron chi connectivity index (χ2n) is 6.45. The SMILES string of the molecule is CCCNCCNC(=O)c1cn(Cc2ccccc2)nc1-c1ccccc1. The highest BCUT2D eigenvalue weighted by molar-refractivity contribution is 5.99. The minimum atomic E-state index is -0.0912. The lowest BCUT2D eigenvalue weighted by Crippen LogP contribution is -2.32. The molecule has 3 rings (SSSR count). The van der Waals surface area contributed by atoms with Gasteiger partial charge in [-0.2, -0.15) is 5.10 Å². The number of carbonyl (C=O) groups excluding carboxylic acids is 1. The summed E-state index contributed by atoms with van der Waals surface area (Å²) in [6, 6.07) is 20.0. The van der Waals surface area contributed by atoms with Crippen LogP contribution in [-0.4, -0.2) is 35.3 Å². The molecule has 0 radical (unpaired) electrons. The number of aromatic nitrogens is 2. The van der Waals surface area contributed by atoms with Crippen LogP contribution in [0.3, 0.4) is 0 Å². The molecule has 0 fully saturated rings. The lowest BCUT2D eigenvalue weighted by Gasteiger charge is -2.06. The first-order valence-electron chi connectivity index (χ1n) is 9.43. The number of rotatable bonds is 9. The topological polar surface area (TPSA) is 58.9 Å². The van der Waals surface area contributed by atoms with Crippen LogP contribution in [-0.2, 0) is 6.54 Å². The third-order valence-corrected chi connectivity index (χ3v) is 4.26. The van der Waals surface area contributed by atoms with Crippen LogP contribution in [0.4, 0.5) is 0 Å². The summed E-state index contributed by atoms with van der Waals surface area (Å²) in [7, 11) is 0. The Balaban J connectivity index is 1.79. The summed E-state index contributed by atoms with van der Waals surface area (Å²) >= 11 is 0. The fraction of sp³-hybridized carbons (Fsp3) is 0.273. The predicted octanol–water partition coefficient (Wildman–Crippen LogP) is 3.33. The molecule has 2 N–H and O–H groups in total. The standard InChI is InChI=1S/C22H26N4O/c1-2-13-23-14-15-24-22(27)20-17-26(16-18-9-5-3-6-10-18)25-21(20)19-11-7-4-8-12-19/h3-12,17,23H,2,13-16H2,1H3,(H,24,27). The van der Waals surface area contributed by atoms with E-state index in [0.717, 1.165) is 30.6 Å². The highest BCUT2D eigenvalue weighted by Gasteiger charge is 2.17. The minimum Gasteiger partial charge on any atom is -0.351 e. The number of carbonyl (C=O) groups is 1. The van der Waals surface area contributed by atoms with E-state index in [4.69, 9.17) is 5.10 Å². The molecule has 27 heavy (non-hydrogen) atoms. The molecule has 0 spiro atoms. The van der Waals surface area contributed by atoms with E-state index in [1.165, 1.54) is 0 Å². The van der Waals surface area contributed by atoms with Crippen LogP contribution < -0.4 is 10.6 Å². The first-order valence-corrected chi connectivity index (χ1v) is 9.43. The second-order valence-corrected chi connectivity index (χ2v) is 6.45. The van der Waals surface area contributed by atoms with Gasteiger partial charge in [0.1, 0.15) is 5.69 Å². The Morgan fingerprint density at radius 2 is 1.67 bits per heavy atom. The van der Waals surface area contributed by atoms with Gasteiger partial charge in [0.25, 0.3) is 5.91 Å². The van der Waals surface area contributed by atoms with Gasteiger partial charge in [-0.05, 0) is 18.5 Å². The van der Waals surface area contributed by atoms with Crippen molar-refractivity contribution >= 4 is 5.91 Å². The molecule has 0 atom stereocenters. The third kappa shape index (κ3) is 5.28. The Bertz CT molecular complexity index is 843. The monoisotopic (exact) mass is 362 g/mol. The van der Waals surface area contributed by atoms with E-state index in [1.54, 1.807) is 0 Å². The van der Waals surface area contributed by atoms with E-state index in [1.807, 2.05) is 59.4 Å². The Morgan fingerprint density at radius 3 is 2.37 bits per heavy atom. The summed E-state index contributed by atoms with van der Waals surface area (Å²) in [5, 5.41) is 11.0. The summed E-state index contributed by atoms with van der Waals surface area (Å²) in [5.41, 5.74) is 3.41. The van der Waals surface area contributed by atoms with Gasteiger partial charge in [-0.25, -0.2) is 0 Å². The van der Waals surface area contributed by atoms with Gasteiger partial charge in [0.05, 0.1) is 12.1 Å². The fourth-order valence-electron chi connectivity index (χ4n) is 2.91. The summed E-state index contributed by atoms with van der Waals surface area (Å²) in [4.78, 5) is 12.7. The van der Waals surface area contributed by atoms with Crippen molar-refractivity contribution in [2.45, 2.75) is 19.9 Å². The van der Waals surface area contributed by atoms with Crippen LogP contribution in [0, 0.1) is 0 Å². The summed E-state index contributed by atoms with van der Waals surface area (Å²) in [6.07, 6.45) is 2.92. The molecule has 5 heteroatoms. The zero-order valence-electron chi connectivity index (χ0n) is 15.7. The van der Waals surface area contributed by atoms with Crippen molar-refractivity contribution in [1.29, 1.82) is 0 Å². The average Bonchev–Trinajstić information content (AvgIpc) is 3.13. The Morgan fingerprint density at radius 1 is 0.963 bits per heavy atom. The zero-order valence-corrected chi connectivity index (χ0v) is 15.7. The molecule has 0 aliphatic heterocycles. The molecule has 0 saturated heterocycles. The summed E-state index contributed by atoms with van der Waals surface area (Å²) < 4.78 is 1.84. The van der Waals surface area contributed by atoms with Gasteiger partial charge in [-0.15, -0.1) is 0 Å². The Hall–Kier alpha value is -2.92. The van der Waals surface area contributed by atoms with Crippen LogP contribution in [0.2, 0.25) is 0 Å². The molecule has 140 valence electrons. The number of amides is 1. The first-order chi connectivity index (χ1) is 13.3. The molecule has 0 unspecified atom stereocenters. The van der Waals surface area contributed by atoms with Crippen LogP contribution >= 0.6 is 0 Å². The van der Waals surface area contributed by atoms with Crippen molar-refractivity contribution in [3.05, 3.63) is 78.0 Å². The average molecular weight is 362 g/mol. The second kappa shape index (κ2) is 9.69. The van der Waals surface area contributed by atoms with Crippen molar-refractivity contribution in [2.75, 3.05) is 19.6 Å². The quantitative estimate of drug-likeness (QED) is 0.574. The maximum Gasteiger partial charge on any atom is 0.255 e. The van der Waals surface area contributed by atoms with Gasteiger partial charge >= 0.3 is 0 Å². The van der Waals surface area contributed by atoms with E-state index >= 15 is 0 Å². The number of nitrogens with one attached hydrogen (secondary N) is 2. The van der Waals surface area contributed by atoms with Crippen molar-refractivity contribution in [3.63, 3.8) is 0 Å². The van der Waals surface area contributed by atoms with Gasteiger partial charge in [0.15, 0.2) is 0 Å². The molecular weight excluding hydrogens is 336 g/mol. The number of nitrogens with zero attached hydrogens (tertiary/aromatic N) is 2.